The molecule has 0 bridgehead atoms. The summed E-state index contributed by atoms with van der Waals surface area (Å²) in [6, 6.07) is 9.20. The highest BCUT2D eigenvalue weighted by atomic mass is 16.7. The summed E-state index contributed by atoms with van der Waals surface area (Å²) in [7, 11) is 1.72. The Hall–Kier alpha value is -1.70. The molecule has 10 heteroatoms. The minimum Gasteiger partial charge on any atom is -0.396 e. The first kappa shape index (κ1) is 34.6. The van der Waals surface area contributed by atoms with Crippen LogP contribution in [0, 0.1) is 29.1 Å². The van der Waals surface area contributed by atoms with E-state index >= 15 is 0 Å². The Morgan fingerprint density at radius 2 is 1.78 bits per heavy atom. The molecule has 1 saturated carbocycles. The van der Waals surface area contributed by atoms with Crippen LogP contribution in [-0.4, -0.2) is 107 Å². The van der Waals surface area contributed by atoms with Crippen LogP contribution in [0.2, 0.25) is 0 Å². The smallest absolute Gasteiger partial charge is 0.187 e. The summed E-state index contributed by atoms with van der Waals surface area (Å²) < 4.78 is 18.3. The van der Waals surface area contributed by atoms with Gasteiger partial charge in [0.15, 0.2) is 6.29 Å². The maximum atomic E-state index is 12.1. The number of methoxy groups -OCH3 is 1. The van der Waals surface area contributed by atoms with Gasteiger partial charge >= 0.3 is 0 Å². The van der Waals surface area contributed by atoms with Gasteiger partial charge in [-0.1, -0.05) is 68.3 Å². The summed E-state index contributed by atoms with van der Waals surface area (Å²) in [6.45, 7) is 7.01. The molecule has 0 spiro atoms. The molecule has 0 radical (unpaired) electrons. The van der Waals surface area contributed by atoms with Gasteiger partial charge in [0.1, 0.15) is 30.5 Å². The Morgan fingerprint density at radius 1 is 1.04 bits per heavy atom. The van der Waals surface area contributed by atoms with Crippen LogP contribution in [0.3, 0.4) is 0 Å². The van der Waals surface area contributed by atoms with E-state index in [1.807, 2.05) is 44.2 Å². The van der Waals surface area contributed by atoms with Crippen LogP contribution in [0.4, 0.5) is 0 Å². The Balaban J connectivity index is 1.41. The summed E-state index contributed by atoms with van der Waals surface area (Å²) in [5.74, 6) is 0.0829. The second-order valence-electron chi connectivity index (χ2n) is 13.9. The molecule has 10 unspecified atom stereocenters. The van der Waals surface area contributed by atoms with Gasteiger partial charge in [-0.15, -0.1) is 0 Å². The van der Waals surface area contributed by atoms with Crippen molar-refractivity contribution >= 4 is 0 Å². The van der Waals surface area contributed by atoms with E-state index in [2.05, 4.69) is 18.3 Å². The van der Waals surface area contributed by atoms with E-state index in [0.29, 0.717) is 6.61 Å². The van der Waals surface area contributed by atoms with Gasteiger partial charge in [-0.2, -0.15) is 0 Å². The van der Waals surface area contributed by atoms with E-state index < -0.39 is 54.4 Å². The molecule has 45 heavy (non-hydrogen) atoms. The molecule has 10 nitrogen and oxygen atoms in total. The molecule has 13 atom stereocenters. The van der Waals surface area contributed by atoms with Gasteiger partial charge in [0.05, 0.1) is 18.8 Å². The van der Waals surface area contributed by atoms with Gasteiger partial charge in [0.25, 0.3) is 0 Å². The van der Waals surface area contributed by atoms with Gasteiger partial charge in [-0.3, -0.25) is 0 Å². The molecular weight excluding hydrogens is 578 g/mol. The molecule has 1 saturated heterocycles. The van der Waals surface area contributed by atoms with Crippen molar-refractivity contribution in [1.29, 1.82) is 0 Å². The van der Waals surface area contributed by atoms with Crippen molar-refractivity contribution in [2.45, 2.75) is 95.5 Å². The SMILES string of the molecule is COC[C@H]1CC[C@@H]2/C1=C\C1(C)CCC(C(C)CO)=C1[C@@H](OC1OC(CNCC(O)c3ccccc3)C(O)C(O)C1O)C(O)C2C. The first-order valence-corrected chi connectivity index (χ1v) is 16.5. The average Bonchev–Trinajstić information content (AvgIpc) is 3.59. The standard InChI is InChI=1S/C35H53NO9/c1-19(17-37)23-12-13-35(3)14-25-22(18-43-4)10-11-24(25)20(2)29(39)33(28(23)35)45-34-32(42)31(41)30(40)27(44-34)16-36-15-26(38)21-8-6-5-7-9-21/h5-9,14,19-20,22,24,26-27,29-34,36-42H,10-13,15-18H2,1-4H3/b25-14-/t19?,20?,22-,24+,26?,27?,29?,30?,31?,32?,33-,34?,35?/m1/s1. The number of benzene rings is 1. The van der Waals surface area contributed by atoms with Crippen LogP contribution in [0.15, 0.2) is 53.1 Å². The largest absolute Gasteiger partial charge is 0.396 e. The first-order valence-electron chi connectivity index (χ1n) is 16.5. The van der Waals surface area contributed by atoms with Crippen molar-refractivity contribution in [2.24, 2.45) is 29.1 Å². The van der Waals surface area contributed by atoms with Crippen molar-refractivity contribution in [2.75, 3.05) is 33.4 Å². The van der Waals surface area contributed by atoms with Gasteiger partial charge in [-0.25, -0.2) is 0 Å². The van der Waals surface area contributed by atoms with Crippen LogP contribution in [0.25, 0.3) is 0 Å². The molecule has 0 amide bonds. The van der Waals surface area contributed by atoms with Crippen molar-refractivity contribution in [3.05, 3.63) is 58.7 Å². The molecule has 1 heterocycles. The second-order valence-corrected chi connectivity index (χ2v) is 13.9. The number of aliphatic hydroxyl groups is 6. The van der Waals surface area contributed by atoms with E-state index in [1.54, 1.807) is 7.11 Å². The summed E-state index contributed by atoms with van der Waals surface area (Å²) in [4.78, 5) is 0. The van der Waals surface area contributed by atoms with Crippen molar-refractivity contribution in [1.82, 2.24) is 5.32 Å². The van der Waals surface area contributed by atoms with Gasteiger partial charge in [-0.05, 0) is 48.7 Å². The minimum atomic E-state index is -1.56. The highest BCUT2D eigenvalue weighted by Gasteiger charge is 2.52. The molecule has 252 valence electrons. The Morgan fingerprint density at radius 3 is 2.47 bits per heavy atom. The third kappa shape index (κ3) is 6.97. The highest BCUT2D eigenvalue weighted by molar-refractivity contribution is 5.41. The summed E-state index contributed by atoms with van der Waals surface area (Å²) >= 11 is 0. The van der Waals surface area contributed by atoms with E-state index in [-0.39, 0.29) is 43.4 Å². The molecule has 7 N–H and O–H groups in total. The fraction of sp³-hybridized carbons (Fsp3) is 0.714. The van der Waals surface area contributed by atoms with Crippen LogP contribution in [0.5, 0.6) is 0 Å². The summed E-state index contributed by atoms with van der Waals surface area (Å²) in [5, 5.41) is 68.7. The fourth-order valence-corrected chi connectivity index (χ4v) is 8.20. The van der Waals surface area contributed by atoms with E-state index in [0.717, 1.165) is 42.4 Å². The van der Waals surface area contributed by atoms with E-state index in [9.17, 15) is 30.6 Å². The van der Waals surface area contributed by atoms with Crippen molar-refractivity contribution in [3.63, 3.8) is 0 Å². The van der Waals surface area contributed by atoms with Crippen LogP contribution in [0.1, 0.15) is 58.1 Å². The monoisotopic (exact) mass is 631 g/mol. The Kier molecular flexibility index (Phi) is 11.2. The summed E-state index contributed by atoms with van der Waals surface area (Å²) in [6.07, 6.45) is -3.59. The minimum absolute atomic E-state index is 0.0468. The molecule has 0 aromatic heterocycles. The number of aliphatic hydroxyl groups excluding tert-OH is 6. The highest BCUT2D eigenvalue weighted by Crippen LogP contribution is 2.55. The summed E-state index contributed by atoms with van der Waals surface area (Å²) in [5.41, 5.74) is 3.53. The lowest BCUT2D eigenvalue weighted by Gasteiger charge is -2.46. The molecule has 1 aromatic rings. The number of allylic oxidation sites excluding steroid dienone is 1. The molecule has 4 aliphatic rings. The van der Waals surface area contributed by atoms with E-state index in [4.69, 9.17) is 14.2 Å². The zero-order valence-corrected chi connectivity index (χ0v) is 27.0. The number of fused-ring (bicyclic) bond motifs is 2. The number of hydrogen-bond acceptors (Lipinski definition) is 10. The van der Waals surface area contributed by atoms with Crippen LogP contribution in [-0.2, 0) is 14.2 Å². The number of rotatable bonds is 11. The van der Waals surface area contributed by atoms with Gasteiger partial charge in [0, 0.05) is 44.1 Å². The molecule has 1 aliphatic heterocycles. The lowest BCUT2D eigenvalue weighted by atomic mass is 9.68. The molecular formula is C35H53NO9. The maximum absolute atomic E-state index is 12.1. The quantitative estimate of drug-likeness (QED) is 0.180. The van der Waals surface area contributed by atoms with Crippen molar-refractivity contribution < 1.29 is 44.8 Å². The maximum Gasteiger partial charge on any atom is 0.187 e. The topological polar surface area (TPSA) is 161 Å². The normalized spacial score (nSPS) is 41.1. The molecule has 1 aromatic carbocycles. The number of ether oxygens (including phenoxy) is 3. The Bertz CT molecular complexity index is 1190. The number of hydrogen-bond donors (Lipinski definition) is 7. The fourth-order valence-electron chi connectivity index (χ4n) is 8.20. The lowest BCUT2D eigenvalue weighted by molar-refractivity contribution is -0.310. The van der Waals surface area contributed by atoms with Crippen LogP contribution < -0.4 is 5.32 Å². The molecule has 5 rings (SSSR count). The average molecular weight is 632 g/mol. The Labute approximate surface area is 266 Å². The predicted molar refractivity (Wildman–Crippen MR) is 168 cm³/mol. The van der Waals surface area contributed by atoms with Gasteiger partial charge < -0.3 is 50.2 Å². The molecule has 3 aliphatic carbocycles. The zero-order valence-electron chi connectivity index (χ0n) is 27.0. The second kappa shape index (κ2) is 14.6. The van der Waals surface area contributed by atoms with E-state index in [1.165, 1.54) is 5.57 Å². The zero-order chi connectivity index (χ0) is 32.5. The third-order valence-corrected chi connectivity index (χ3v) is 10.9. The van der Waals surface area contributed by atoms with Crippen molar-refractivity contribution in [3.8, 4) is 0 Å². The lowest BCUT2D eigenvalue weighted by Crippen LogP contribution is -2.61. The van der Waals surface area contributed by atoms with Gasteiger partial charge in [0.2, 0.25) is 0 Å². The first-order chi connectivity index (χ1) is 21.5. The molecule has 2 fully saturated rings. The predicted octanol–water partition coefficient (Wildman–Crippen LogP) is 1.84. The number of nitrogens with one attached hydrogen (secondary N) is 1. The van der Waals surface area contributed by atoms with Crippen LogP contribution >= 0.6 is 0 Å². The third-order valence-electron chi connectivity index (χ3n) is 10.9.